The van der Waals surface area contributed by atoms with Gasteiger partial charge in [0.1, 0.15) is 16.4 Å². The molecule has 1 heterocycles. The number of ether oxygens (including phenoxy) is 2. The summed E-state index contributed by atoms with van der Waals surface area (Å²) in [5, 5.41) is 2.93. The van der Waals surface area contributed by atoms with E-state index in [4.69, 9.17) is 9.47 Å². The van der Waals surface area contributed by atoms with Crippen LogP contribution in [-0.2, 0) is 10.0 Å². The molecule has 8 heteroatoms. The number of hydrogen-bond donors (Lipinski definition) is 1. The maximum absolute atomic E-state index is 13.3. The Kier molecular flexibility index (Phi) is 7.56. The third-order valence-corrected chi connectivity index (χ3v) is 7.49. The molecule has 2 aromatic carbocycles. The normalized spacial score (nSPS) is 16.2. The van der Waals surface area contributed by atoms with Gasteiger partial charge >= 0.3 is 0 Å². The summed E-state index contributed by atoms with van der Waals surface area (Å²) in [6.07, 6.45) is 3.71. The van der Waals surface area contributed by atoms with Gasteiger partial charge in [0.2, 0.25) is 10.0 Å². The van der Waals surface area contributed by atoms with Crippen LogP contribution >= 0.6 is 0 Å². The van der Waals surface area contributed by atoms with Gasteiger partial charge in [-0.2, -0.15) is 4.31 Å². The Morgan fingerprint density at radius 3 is 2.19 bits per heavy atom. The minimum absolute atomic E-state index is 0.0293. The molecule has 0 bridgehead atoms. The lowest BCUT2D eigenvalue weighted by atomic mass is 10.1. The van der Waals surface area contributed by atoms with Gasteiger partial charge in [-0.1, -0.05) is 25.0 Å². The van der Waals surface area contributed by atoms with Crippen molar-refractivity contribution < 1.29 is 22.7 Å². The van der Waals surface area contributed by atoms with Crippen LogP contribution in [0.15, 0.2) is 47.4 Å². The molecule has 0 spiro atoms. The second-order valence-corrected chi connectivity index (χ2v) is 9.56. The van der Waals surface area contributed by atoms with Gasteiger partial charge < -0.3 is 14.8 Å². The highest BCUT2D eigenvalue weighted by atomic mass is 32.2. The maximum atomic E-state index is 13.3. The molecule has 1 aliphatic heterocycles. The fourth-order valence-corrected chi connectivity index (χ4v) is 5.40. The van der Waals surface area contributed by atoms with E-state index in [1.807, 2.05) is 31.2 Å². The highest BCUT2D eigenvalue weighted by Gasteiger charge is 2.29. The molecular formula is C23H30N2O5S. The number of rotatable bonds is 7. The second kappa shape index (κ2) is 10.2. The Morgan fingerprint density at radius 1 is 0.968 bits per heavy atom. The van der Waals surface area contributed by atoms with Crippen LogP contribution in [0.1, 0.15) is 54.6 Å². The van der Waals surface area contributed by atoms with Crippen LogP contribution in [0.4, 0.5) is 0 Å². The Morgan fingerprint density at radius 2 is 1.61 bits per heavy atom. The van der Waals surface area contributed by atoms with Crippen LogP contribution in [0.25, 0.3) is 0 Å². The van der Waals surface area contributed by atoms with E-state index in [9.17, 15) is 13.2 Å². The largest absolute Gasteiger partial charge is 0.497 e. The molecule has 1 N–H and O–H groups in total. The van der Waals surface area contributed by atoms with Crippen molar-refractivity contribution in [1.29, 1.82) is 0 Å². The zero-order chi connectivity index (χ0) is 22.4. The summed E-state index contributed by atoms with van der Waals surface area (Å²) in [6.45, 7) is 2.84. The van der Waals surface area contributed by atoms with E-state index in [-0.39, 0.29) is 28.2 Å². The van der Waals surface area contributed by atoms with Crippen LogP contribution in [0.5, 0.6) is 11.5 Å². The lowest BCUT2D eigenvalue weighted by molar-refractivity contribution is 0.0939. The number of benzene rings is 2. The lowest BCUT2D eigenvalue weighted by Crippen LogP contribution is -2.32. The fourth-order valence-electron chi connectivity index (χ4n) is 3.70. The molecule has 1 aliphatic rings. The smallest absolute Gasteiger partial charge is 0.251 e. The molecule has 31 heavy (non-hydrogen) atoms. The number of amides is 1. The van der Waals surface area contributed by atoms with Crippen LogP contribution in [0, 0.1) is 0 Å². The SMILES string of the molecule is COc1ccc([C@H](C)NC(=O)c2ccc(OC)c(S(=O)(=O)N3CCCCCC3)c2)cc1. The molecule has 0 aromatic heterocycles. The van der Waals surface area contributed by atoms with E-state index in [1.54, 1.807) is 13.2 Å². The van der Waals surface area contributed by atoms with E-state index < -0.39 is 10.0 Å². The van der Waals surface area contributed by atoms with Gasteiger partial charge in [0.25, 0.3) is 5.91 Å². The van der Waals surface area contributed by atoms with Crippen molar-refractivity contribution >= 4 is 15.9 Å². The number of nitrogens with zero attached hydrogens (tertiary/aromatic N) is 1. The van der Waals surface area contributed by atoms with Gasteiger partial charge in [-0.3, -0.25) is 4.79 Å². The van der Waals surface area contributed by atoms with Gasteiger partial charge in [-0.15, -0.1) is 0 Å². The predicted octanol–water partition coefficient (Wildman–Crippen LogP) is 3.76. The van der Waals surface area contributed by atoms with Gasteiger partial charge in [0.05, 0.1) is 20.3 Å². The summed E-state index contributed by atoms with van der Waals surface area (Å²) < 4.78 is 38.6. The van der Waals surface area contributed by atoms with E-state index >= 15 is 0 Å². The number of carbonyl (C=O) groups excluding carboxylic acids is 1. The minimum Gasteiger partial charge on any atom is -0.497 e. The molecule has 1 amide bonds. The molecule has 0 aliphatic carbocycles. The Labute approximate surface area is 184 Å². The van der Waals surface area contributed by atoms with Crippen molar-refractivity contribution in [3.05, 3.63) is 53.6 Å². The number of sulfonamides is 1. The topological polar surface area (TPSA) is 84.9 Å². The molecule has 0 unspecified atom stereocenters. The Balaban J connectivity index is 1.84. The molecule has 3 rings (SSSR count). The molecule has 1 atom stereocenters. The summed E-state index contributed by atoms with van der Waals surface area (Å²) in [7, 11) is -0.727. The van der Waals surface area contributed by atoms with E-state index in [0.717, 1.165) is 37.0 Å². The van der Waals surface area contributed by atoms with Crippen molar-refractivity contribution in [3.8, 4) is 11.5 Å². The predicted molar refractivity (Wildman–Crippen MR) is 119 cm³/mol. The second-order valence-electron chi connectivity index (χ2n) is 7.65. The zero-order valence-corrected chi connectivity index (χ0v) is 19.1. The first kappa shape index (κ1) is 23.1. The zero-order valence-electron chi connectivity index (χ0n) is 18.3. The molecule has 2 aromatic rings. The minimum atomic E-state index is -3.76. The summed E-state index contributed by atoms with van der Waals surface area (Å²) in [4.78, 5) is 12.9. The summed E-state index contributed by atoms with van der Waals surface area (Å²) in [6, 6.07) is 11.7. The number of hydrogen-bond acceptors (Lipinski definition) is 5. The van der Waals surface area contributed by atoms with Gasteiger partial charge in [0, 0.05) is 18.7 Å². The maximum Gasteiger partial charge on any atom is 0.251 e. The quantitative estimate of drug-likeness (QED) is 0.700. The average molecular weight is 447 g/mol. The van der Waals surface area contributed by atoms with Gasteiger partial charge in [-0.25, -0.2) is 8.42 Å². The number of nitrogens with one attached hydrogen (secondary N) is 1. The molecule has 0 saturated carbocycles. The summed E-state index contributed by atoms with van der Waals surface area (Å²) >= 11 is 0. The van der Waals surface area contributed by atoms with Crippen LogP contribution in [0.2, 0.25) is 0 Å². The molecule has 0 radical (unpaired) electrons. The third kappa shape index (κ3) is 5.37. The lowest BCUT2D eigenvalue weighted by Gasteiger charge is -2.22. The van der Waals surface area contributed by atoms with Crippen LogP contribution < -0.4 is 14.8 Å². The Hall–Kier alpha value is -2.58. The first-order chi connectivity index (χ1) is 14.9. The van der Waals surface area contributed by atoms with E-state index in [1.165, 1.54) is 23.5 Å². The van der Waals surface area contributed by atoms with Crippen molar-refractivity contribution in [1.82, 2.24) is 9.62 Å². The third-order valence-electron chi connectivity index (χ3n) is 5.57. The molecule has 168 valence electrons. The van der Waals surface area contributed by atoms with Crippen molar-refractivity contribution in [2.75, 3.05) is 27.3 Å². The van der Waals surface area contributed by atoms with Gasteiger partial charge in [0.15, 0.2) is 0 Å². The van der Waals surface area contributed by atoms with E-state index in [2.05, 4.69) is 5.32 Å². The van der Waals surface area contributed by atoms with Crippen molar-refractivity contribution in [2.45, 2.75) is 43.5 Å². The molecule has 1 fully saturated rings. The molecular weight excluding hydrogens is 416 g/mol. The first-order valence-corrected chi connectivity index (χ1v) is 11.9. The number of carbonyl (C=O) groups is 1. The monoisotopic (exact) mass is 446 g/mol. The standard InChI is InChI=1S/C23H30N2O5S/c1-17(18-8-11-20(29-2)12-9-18)24-23(26)19-10-13-21(30-3)22(16-19)31(27,28)25-14-6-4-5-7-15-25/h8-13,16-17H,4-7,14-15H2,1-3H3,(H,24,26)/t17-/m0/s1. The molecule has 1 saturated heterocycles. The van der Waals surface area contributed by atoms with Crippen LogP contribution in [-0.4, -0.2) is 45.9 Å². The average Bonchev–Trinajstić information content (AvgIpc) is 3.09. The van der Waals surface area contributed by atoms with E-state index in [0.29, 0.717) is 13.1 Å². The first-order valence-electron chi connectivity index (χ1n) is 10.5. The summed E-state index contributed by atoms with van der Waals surface area (Å²) in [5.41, 5.74) is 1.19. The molecule has 7 nitrogen and oxygen atoms in total. The summed E-state index contributed by atoms with van der Waals surface area (Å²) in [5.74, 6) is 0.628. The van der Waals surface area contributed by atoms with Crippen molar-refractivity contribution in [3.63, 3.8) is 0 Å². The van der Waals surface area contributed by atoms with Crippen molar-refractivity contribution in [2.24, 2.45) is 0 Å². The highest BCUT2D eigenvalue weighted by Crippen LogP contribution is 2.29. The van der Waals surface area contributed by atoms with Gasteiger partial charge in [-0.05, 0) is 55.7 Å². The van der Waals surface area contributed by atoms with Crippen LogP contribution in [0.3, 0.4) is 0 Å². The highest BCUT2D eigenvalue weighted by molar-refractivity contribution is 7.89. The Bertz CT molecular complexity index is 997. The number of methoxy groups -OCH3 is 2. The fraction of sp³-hybridized carbons (Fsp3) is 0.435.